The summed E-state index contributed by atoms with van der Waals surface area (Å²) >= 11 is 0. The number of rotatable bonds is 9. The van der Waals surface area contributed by atoms with Crippen LogP contribution in [-0.4, -0.2) is 43.3 Å². The van der Waals surface area contributed by atoms with Gasteiger partial charge in [-0.3, -0.25) is 4.90 Å². The fourth-order valence-electron chi connectivity index (χ4n) is 1.80. The summed E-state index contributed by atoms with van der Waals surface area (Å²) in [6.07, 6.45) is 3.22. The second kappa shape index (κ2) is 8.04. The lowest BCUT2D eigenvalue weighted by Crippen LogP contribution is -2.52. The van der Waals surface area contributed by atoms with E-state index >= 15 is 0 Å². The number of nitrogens with zero attached hydrogens (tertiary/aromatic N) is 1. The molecule has 0 heterocycles. The van der Waals surface area contributed by atoms with E-state index in [0.29, 0.717) is 6.04 Å². The van der Waals surface area contributed by atoms with Crippen molar-refractivity contribution >= 4 is 0 Å². The molecule has 0 radical (unpaired) electrons. The molecule has 2 N–H and O–H groups in total. The van der Waals surface area contributed by atoms with Gasteiger partial charge in [-0.05, 0) is 26.2 Å². The molecular weight excluding hydrogens is 200 g/mol. The number of hydrogen-bond donors (Lipinski definition) is 1. The average Bonchev–Trinajstić information content (AvgIpc) is 2.33. The molecule has 0 aliphatic rings. The zero-order valence-electron chi connectivity index (χ0n) is 11.8. The summed E-state index contributed by atoms with van der Waals surface area (Å²) in [5.74, 6) is 0. The van der Waals surface area contributed by atoms with E-state index in [1.54, 1.807) is 7.11 Å². The minimum absolute atomic E-state index is 0.0445. The van der Waals surface area contributed by atoms with E-state index < -0.39 is 0 Å². The van der Waals surface area contributed by atoms with Crippen LogP contribution < -0.4 is 5.73 Å². The van der Waals surface area contributed by atoms with Crippen molar-refractivity contribution in [2.24, 2.45) is 5.73 Å². The van der Waals surface area contributed by atoms with Crippen LogP contribution in [0.15, 0.2) is 0 Å². The Labute approximate surface area is 101 Å². The topological polar surface area (TPSA) is 38.5 Å². The van der Waals surface area contributed by atoms with Gasteiger partial charge in [-0.1, -0.05) is 20.8 Å². The van der Waals surface area contributed by atoms with E-state index in [2.05, 4.69) is 32.6 Å². The van der Waals surface area contributed by atoms with Crippen molar-refractivity contribution < 1.29 is 4.74 Å². The van der Waals surface area contributed by atoms with Gasteiger partial charge in [0.15, 0.2) is 0 Å². The molecule has 3 heteroatoms. The lowest BCUT2D eigenvalue weighted by molar-refractivity contribution is 0.0998. The summed E-state index contributed by atoms with van der Waals surface area (Å²) in [7, 11) is 1.75. The van der Waals surface area contributed by atoms with Gasteiger partial charge in [-0.25, -0.2) is 0 Å². The van der Waals surface area contributed by atoms with Crippen LogP contribution in [0.1, 0.15) is 47.0 Å². The van der Waals surface area contributed by atoms with Gasteiger partial charge < -0.3 is 10.5 Å². The fraction of sp³-hybridized carbons (Fsp3) is 1.00. The van der Waals surface area contributed by atoms with Crippen molar-refractivity contribution in [3.05, 3.63) is 0 Å². The second-order valence-corrected chi connectivity index (χ2v) is 4.79. The lowest BCUT2D eigenvalue weighted by atomic mass is 9.93. The molecule has 0 aromatic rings. The van der Waals surface area contributed by atoms with Crippen LogP contribution >= 0.6 is 0 Å². The molecular formula is C13H30N2O. The van der Waals surface area contributed by atoms with E-state index in [1.165, 1.54) is 0 Å². The molecule has 1 unspecified atom stereocenters. The molecule has 0 aliphatic heterocycles. The number of methoxy groups -OCH3 is 1. The van der Waals surface area contributed by atoms with E-state index in [1.807, 2.05) is 0 Å². The number of nitrogens with two attached hydrogens (primary N) is 1. The molecule has 0 amide bonds. The van der Waals surface area contributed by atoms with Gasteiger partial charge >= 0.3 is 0 Å². The van der Waals surface area contributed by atoms with Crippen molar-refractivity contribution in [1.82, 2.24) is 4.90 Å². The van der Waals surface area contributed by atoms with Crippen LogP contribution in [0.3, 0.4) is 0 Å². The Bertz CT molecular complexity index is 169. The van der Waals surface area contributed by atoms with Gasteiger partial charge in [-0.15, -0.1) is 0 Å². The molecule has 0 aromatic heterocycles. The fourth-order valence-corrected chi connectivity index (χ4v) is 1.80. The summed E-state index contributed by atoms with van der Waals surface area (Å²) in [5, 5.41) is 0. The first kappa shape index (κ1) is 15.9. The smallest absolute Gasteiger partial charge is 0.0589 e. The monoisotopic (exact) mass is 230 g/mol. The van der Waals surface area contributed by atoms with Gasteiger partial charge in [0.2, 0.25) is 0 Å². The quantitative estimate of drug-likeness (QED) is 0.660. The van der Waals surface area contributed by atoms with E-state index in [0.717, 1.165) is 39.0 Å². The highest BCUT2D eigenvalue weighted by Crippen LogP contribution is 2.16. The summed E-state index contributed by atoms with van der Waals surface area (Å²) in [6.45, 7) is 11.6. The first-order valence-electron chi connectivity index (χ1n) is 6.54. The summed E-state index contributed by atoms with van der Waals surface area (Å²) in [5.41, 5.74) is 6.33. The third kappa shape index (κ3) is 5.28. The lowest BCUT2D eigenvalue weighted by Gasteiger charge is -2.37. The van der Waals surface area contributed by atoms with Gasteiger partial charge in [-0.2, -0.15) is 0 Å². The van der Waals surface area contributed by atoms with Crippen molar-refractivity contribution in [3.8, 4) is 0 Å². The Morgan fingerprint density at radius 2 is 1.81 bits per heavy atom. The predicted octanol–water partition coefficient (Wildman–Crippen LogP) is 2.25. The van der Waals surface area contributed by atoms with Gasteiger partial charge in [0.1, 0.15) is 0 Å². The van der Waals surface area contributed by atoms with Crippen molar-refractivity contribution in [2.75, 3.05) is 26.8 Å². The van der Waals surface area contributed by atoms with Gasteiger partial charge in [0.05, 0.1) is 6.61 Å². The van der Waals surface area contributed by atoms with Crippen LogP contribution in [-0.2, 0) is 4.74 Å². The van der Waals surface area contributed by atoms with Gasteiger partial charge in [0.25, 0.3) is 0 Å². The Kier molecular flexibility index (Phi) is 7.98. The Morgan fingerprint density at radius 1 is 1.25 bits per heavy atom. The molecule has 0 fully saturated rings. The van der Waals surface area contributed by atoms with Crippen LogP contribution in [0.25, 0.3) is 0 Å². The second-order valence-electron chi connectivity index (χ2n) is 4.79. The Balaban J connectivity index is 4.39. The van der Waals surface area contributed by atoms with Crippen molar-refractivity contribution in [3.63, 3.8) is 0 Å². The largest absolute Gasteiger partial charge is 0.383 e. The highest BCUT2D eigenvalue weighted by Gasteiger charge is 2.25. The minimum atomic E-state index is -0.0445. The Morgan fingerprint density at radius 3 is 2.19 bits per heavy atom. The highest BCUT2D eigenvalue weighted by molar-refractivity contribution is 4.86. The SMILES string of the molecule is CCC(C)N(CCOC)CC(N)(CC)CC. The number of hydrogen-bond acceptors (Lipinski definition) is 3. The van der Waals surface area contributed by atoms with E-state index in [4.69, 9.17) is 10.5 Å². The third-order valence-corrected chi connectivity index (χ3v) is 3.72. The van der Waals surface area contributed by atoms with Crippen LogP contribution in [0, 0.1) is 0 Å². The van der Waals surface area contributed by atoms with Crippen molar-refractivity contribution in [2.45, 2.75) is 58.5 Å². The first-order valence-corrected chi connectivity index (χ1v) is 6.54. The molecule has 98 valence electrons. The maximum Gasteiger partial charge on any atom is 0.0589 e. The maximum atomic E-state index is 6.38. The first-order chi connectivity index (χ1) is 7.52. The highest BCUT2D eigenvalue weighted by atomic mass is 16.5. The predicted molar refractivity (Wildman–Crippen MR) is 70.7 cm³/mol. The molecule has 0 spiro atoms. The Hall–Kier alpha value is -0.120. The van der Waals surface area contributed by atoms with Crippen molar-refractivity contribution in [1.29, 1.82) is 0 Å². The van der Waals surface area contributed by atoms with Crippen LogP contribution in [0.4, 0.5) is 0 Å². The molecule has 0 saturated heterocycles. The minimum Gasteiger partial charge on any atom is -0.383 e. The van der Waals surface area contributed by atoms with E-state index in [9.17, 15) is 0 Å². The standard InChI is InChI=1S/C13H30N2O/c1-6-12(4)15(9-10-16-5)11-13(14,7-2)8-3/h12H,6-11,14H2,1-5H3. The molecule has 0 rings (SSSR count). The normalized spacial score (nSPS) is 14.4. The summed E-state index contributed by atoms with van der Waals surface area (Å²) in [4.78, 5) is 2.45. The van der Waals surface area contributed by atoms with Crippen LogP contribution in [0.2, 0.25) is 0 Å². The molecule has 16 heavy (non-hydrogen) atoms. The molecule has 0 saturated carbocycles. The number of ether oxygens (including phenoxy) is 1. The van der Waals surface area contributed by atoms with E-state index in [-0.39, 0.29) is 5.54 Å². The molecule has 0 aromatic carbocycles. The zero-order chi connectivity index (χ0) is 12.6. The summed E-state index contributed by atoms with van der Waals surface area (Å²) < 4.78 is 5.17. The molecule has 3 nitrogen and oxygen atoms in total. The zero-order valence-corrected chi connectivity index (χ0v) is 11.8. The summed E-state index contributed by atoms with van der Waals surface area (Å²) in [6, 6.07) is 0.580. The average molecular weight is 230 g/mol. The molecule has 1 atom stereocenters. The molecule has 0 bridgehead atoms. The van der Waals surface area contributed by atoms with Crippen LogP contribution in [0.5, 0.6) is 0 Å². The molecule has 0 aliphatic carbocycles. The van der Waals surface area contributed by atoms with Gasteiger partial charge in [0, 0.05) is 31.8 Å². The third-order valence-electron chi connectivity index (χ3n) is 3.72. The maximum absolute atomic E-state index is 6.38.